The monoisotopic (exact) mass is 364 g/mol. The van der Waals surface area contributed by atoms with Crippen molar-refractivity contribution in [2.45, 2.75) is 6.42 Å². The molecule has 0 aliphatic heterocycles. The predicted molar refractivity (Wildman–Crippen MR) is 73.3 cm³/mol. The lowest BCUT2D eigenvalue weighted by molar-refractivity contribution is -0.653. The van der Waals surface area contributed by atoms with E-state index < -0.39 is 0 Å². The molecule has 0 atom stereocenters. The third-order valence-electron chi connectivity index (χ3n) is 3.58. The van der Waals surface area contributed by atoms with Gasteiger partial charge in [-0.15, -0.1) is 0 Å². The number of imidazole rings is 1. The minimum Gasteiger partial charge on any atom is -1.00 e. The zero-order valence-electron chi connectivity index (χ0n) is 11.2. The molecule has 0 radical (unpaired) electrons. The maximum absolute atomic E-state index is 2.28. The molecule has 0 N–H and O–H groups in total. The largest absolute Gasteiger partial charge is 1.00 e. The highest BCUT2D eigenvalue weighted by Crippen LogP contribution is 2.14. The zero-order chi connectivity index (χ0) is 12.5. The lowest BCUT2D eigenvalue weighted by Crippen LogP contribution is -3.00. The van der Waals surface area contributed by atoms with Crippen LogP contribution in [-0.2, 0) is 20.5 Å². The van der Waals surface area contributed by atoms with E-state index in [0.717, 1.165) is 6.42 Å². The Morgan fingerprint density at radius 1 is 0.947 bits per heavy atom. The van der Waals surface area contributed by atoms with Gasteiger partial charge < -0.3 is 24.0 Å². The number of rotatable bonds is 2. The SMILES string of the molecule is Cn1c(Cc2ccccc2)[n+](C)c2ccccc21.[I-]. The van der Waals surface area contributed by atoms with Gasteiger partial charge in [-0.1, -0.05) is 42.5 Å². The van der Waals surface area contributed by atoms with Crippen LogP contribution in [0, 0.1) is 0 Å². The first-order chi connectivity index (χ1) is 8.77. The summed E-state index contributed by atoms with van der Waals surface area (Å²) in [5.41, 5.74) is 3.91. The van der Waals surface area contributed by atoms with Crippen molar-refractivity contribution in [3.8, 4) is 0 Å². The summed E-state index contributed by atoms with van der Waals surface area (Å²) in [6, 6.07) is 19.1. The van der Waals surface area contributed by atoms with Gasteiger partial charge in [-0.05, 0) is 17.7 Å². The van der Waals surface area contributed by atoms with Gasteiger partial charge in [0.15, 0.2) is 11.0 Å². The molecule has 98 valence electrons. The fourth-order valence-corrected chi connectivity index (χ4v) is 2.55. The van der Waals surface area contributed by atoms with E-state index in [2.05, 4.69) is 77.8 Å². The second kappa shape index (κ2) is 5.74. The summed E-state index contributed by atoms with van der Waals surface area (Å²) in [4.78, 5) is 0. The van der Waals surface area contributed by atoms with Crippen LogP contribution < -0.4 is 28.5 Å². The Hall–Kier alpha value is -1.36. The number of para-hydroxylation sites is 2. The standard InChI is InChI=1S/C16H17N2.HI/c1-17-14-10-6-7-11-15(14)18(2)16(17)12-13-8-4-3-5-9-13;/h3-11H,12H2,1-2H3;1H/q+1;/p-1. The van der Waals surface area contributed by atoms with Crippen molar-refractivity contribution < 1.29 is 28.5 Å². The highest BCUT2D eigenvalue weighted by molar-refractivity contribution is 5.72. The maximum atomic E-state index is 2.28. The molecule has 1 heterocycles. The lowest BCUT2D eigenvalue weighted by atomic mass is 10.1. The van der Waals surface area contributed by atoms with Crippen molar-refractivity contribution >= 4 is 11.0 Å². The summed E-state index contributed by atoms with van der Waals surface area (Å²) >= 11 is 0. The van der Waals surface area contributed by atoms with Crippen molar-refractivity contribution in [3.63, 3.8) is 0 Å². The Morgan fingerprint density at radius 2 is 1.58 bits per heavy atom. The summed E-state index contributed by atoms with van der Waals surface area (Å²) in [6.07, 6.45) is 0.961. The van der Waals surface area contributed by atoms with Crippen molar-refractivity contribution in [2.24, 2.45) is 14.1 Å². The van der Waals surface area contributed by atoms with Gasteiger partial charge in [0.05, 0.1) is 20.5 Å². The first kappa shape index (κ1) is 14.1. The minimum atomic E-state index is 0. The number of aryl methyl sites for hydroxylation is 2. The van der Waals surface area contributed by atoms with Gasteiger partial charge in [0, 0.05) is 0 Å². The third kappa shape index (κ3) is 2.52. The number of hydrogen-bond acceptors (Lipinski definition) is 0. The molecule has 3 rings (SSSR count). The molecule has 19 heavy (non-hydrogen) atoms. The number of hydrogen-bond donors (Lipinski definition) is 0. The van der Waals surface area contributed by atoms with Gasteiger partial charge >= 0.3 is 0 Å². The molecule has 0 aliphatic rings. The lowest BCUT2D eigenvalue weighted by Gasteiger charge is -1.99. The summed E-state index contributed by atoms with van der Waals surface area (Å²) in [7, 11) is 4.28. The van der Waals surface area contributed by atoms with E-state index >= 15 is 0 Å². The van der Waals surface area contributed by atoms with Crippen molar-refractivity contribution in [3.05, 3.63) is 66.0 Å². The number of halogens is 1. The summed E-state index contributed by atoms with van der Waals surface area (Å²) < 4.78 is 4.56. The van der Waals surface area contributed by atoms with Crippen LogP contribution >= 0.6 is 0 Å². The minimum absolute atomic E-state index is 0. The van der Waals surface area contributed by atoms with Crippen molar-refractivity contribution in [1.29, 1.82) is 0 Å². The molecule has 0 saturated heterocycles. The Morgan fingerprint density at radius 3 is 2.26 bits per heavy atom. The van der Waals surface area contributed by atoms with Crippen LogP contribution in [0.15, 0.2) is 54.6 Å². The average molecular weight is 364 g/mol. The quantitative estimate of drug-likeness (QED) is 0.432. The first-order valence-electron chi connectivity index (χ1n) is 6.23. The van der Waals surface area contributed by atoms with E-state index in [1.807, 2.05) is 0 Å². The highest BCUT2D eigenvalue weighted by Gasteiger charge is 2.19. The maximum Gasteiger partial charge on any atom is 0.261 e. The van der Waals surface area contributed by atoms with Gasteiger partial charge in [-0.3, -0.25) is 0 Å². The van der Waals surface area contributed by atoms with Crippen LogP contribution in [0.25, 0.3) is 11.0 Å². The molecule has 0 fully saturated rings. The van der Waals surface area contributed by atoms with Crippen LogP contribution in [0.2, 0.25) is 0 Å². The molecule has 0 saturated carbocycles. The molecule has 0 aliphatic carbocycles. The molecule has 0 bridgehead atoms. The summed E-state index contributed by atoms with van der Waals surface area (Å²) in [6.45, 7) is 0. The van der Waals surface area contributed by atoms with Crippen LogP contribution in [0.1, 0.15) is 11.4 Å². The second-order valence-corrected chi connectivity index (χ2v) is 4.69. The topological polar surface area (TPSA) is 8.81 Å². The van der Waals surface area contributed by atoms with Gasteiger partial charge in [-0.25, -0.2) is 9.13 Å². The smallest absolute Gasteiger partial charge is 0.261 e. The fourth-order valence-electron chi connectivity index (χ4n) is 2.55. The van der Waals surface area contributed by atoms with Crippen LogP contribution in [-0.4, -0.2) is 4.57 Å². The predicted octanol–water partition coefficient (Wildman–Crippen LogP) is -0.402. The Kier molecular flexibility index (Phi) is 4.24. The van der Waals surface area contributed by atoms with E-state index in [0.29, 0.717) is 0 Å². The Bertz CT molecular complexity index is 648. The first-order valence-corrected chi connectivity index (χ1v) is 6.23. The number of benzene rings is 2. The Labute approximate surface area is 130 Å². The molecule has 2 nitrogen and oxygen atoms in total. The van der Waals surface area contributed by atoms with E-state index in [1.165, 1.54) is 22.4 Å². The molecule has 3 aromatic rings. The van der Waals surface area contributed by atoms with Crippen molar-refractivity contribution in [1.82, 2.24) is 4.57 Å². The summed E-state index contributed by atoms with van der Waals surface area (Å²) in [5, 5.41) is 0. The molecule has 3 heteroatoms. The molecule has 1 aromatic heterocycles. The van der Waals surface area contributed by atoms with E-state index in [-0.39, 0.29) is 24.0 Å². The molecule has 0 amide bonds. The molecular weight excluding hydrogens is 347 g/mol. The fraction of sp³-hybridized carbons (Fsp3) is 0.188. The van der Waals surface area contributed by atoms with Gasteiger partial charge in [0.2, 0.25) is 0 Å². The number of fused-ring (bicyclic) bond motifs is 1. The van der Waals surface area contributed by atoms with E-state index in [1.54, 1.807) is 0 Å². The number of aromatic nitrogens is 2. The van der Waals surface area contributed by atoms with Gasteiger partial charge in [0.1, 0.15) is 0 Å². The van der Waals surface area contributed by atoms with Crippen LogP contribution in [0.4, 0.5) is 0 Å². The van der Waals surface area contributed by atoms with Crippen LogP contribution in [0.3, 0.4) is 0 Å². The van der Waals surface area contributed by atoms with E-state index in [4.69, 9.17) is 0 Å². The average Bonchev–Trinajstić information content (AvgIpc) is 2.66. The third-order valence-corrected chi connectivity index (χ3v) is 3.58. The summed E-state index contributed by atoms with van der Waals surface area (Å²) in [5.74, 6) is 1.32. The normalized spacial score (nSPS) is 10.4. The highest BCUT2D eigenvalue weighted by atomic mass is 127. The zero-order valence-corrected chi connectivity index (χ0v) is 13.3. The van der Waals surface area contributed by atoms with Gasteiger partial charge in [0.25, 0.3) is 5.82 Å². The molecule has 0 unspecified atom stereocenters. The van der Waals surface area contributed by atoms with Crippen LogP contribution in [0.5, 0.6) is 0 Å². The van der Waals surface area contributed by atoms with E-state index in [9.17, 15) is 0 Å². The number of nitrogens with zero attached hydrogens (tertiary/aromatic N) is 2. The molecule has 0 spiro atoms. The molecule has 2 aromatic carbocycles. The molecular formula is C16H17IN2. The Balaban J connectivity index is 0.00000133. The van der Waals surface area contributed by atoms with Gasteiger partial charge in [-0.2, -0.15) is 0 Å². The van der Waals surface area contributed by atoms with Crippen molar-refractivity contribution in [2.75, 3.05) is 0 Å². The second-order valence-electron chi connectivity index (χ2n) is 4.69.